The number of hydrogen-bond acceptors (Lipinski definition) is 3. The molecule has 0 aromatic carbocycles. The molecule has 1 saturated heterocycles. The Labute approximate surface area is 66.8 Å². The first-order valence-corrected chi connectivity index (χ1v) is 4.37. The van der Waals surface area contributed by atoms with Crippen molar-refractivity contribution in [3.05, 3.63) is 0 Å². The summed E-state index contributed by atoms with van der Waals surface area (Å²) in [5.41, 5.74) is 5.48. The summed E-state index contributed by atoms with van der Waals surface area (Å²) in [5.74, 6) is 0. The lowest BCUT2D eigenvalue weighted by Gasteiger charge is -2.32. The monoisotopic (exact) mass is 157 g/mol. The molecule has 2 N–H and O–H groups in total. The van der Waals surface area contributed by atoms with Gasteiger partial charge in [-0.15, -0.1) is 0 Å². The second kappa shape index (κ2) is 3.09. The number of rotatable bonds is 1. The fraction of sp³-hybridized carbons (Fsp3) is 1.00. The number of fused-ring (bicyclic) bond motifs is 1. The maximum absolute atomic E-state index is 5.71. The molecule has 2 aliphatic rings. The first-order chi connectivity index (χ1) is 5.40. The summed E-state index contributed by atoms with van der Waals surface area (Å²) in [4.78, 5) is 0. The van der Waals surface area contributed by atoms with E-state index in [2.05, 4.69) is 0 Å². The lowest BCUT2D eigenvalue weighted by atomic mass is 10.2. The minimum atomic E-state index is 0.148. The summed E-state index contributed by atoms with van der Waals surface area (Å²) in [5, 5.41) is 0. The van der Waals surface area contributed by atoms with E-state index in [1.165, 1.54) is 12.8 Å². The first-order valence-electron chi connectivity index (χ1n) is 4.37. The summed E-state index contributed by atoms with van der Waals surface area (Å²) in [7, 11) is 0. The molecule has 1 saturated carbocycles. The van der Waals surface area contributed by atoms with Crippen LogP contribution in [-0.4, -0.2) is 31.5 Å². The maximum Gasteiger partial charge on any atom is 0.0935 e. The van der Waals surface area contributed by atoms with Crippen LogP contribution in [0.3, 0.4) is 0 Å². The van der Waals surface area contributed by atoms with Crippen molar-refractivity contribution in [2.75, 3.05) is 13.2 Å². The number of hydrogen-bond donors (Lipinski definition) is 1. The molecule has 1 heterocycles. The molecule has 3 nitrogen and oxygen atoms in total. The third-order valence-corrected chi connectivity index (χ3v) is 2.52. The highest BCUT2D eigenvalue weighted by molar-refractivity contribution is 4.83. The van der Waals surface area contributed by atoms with Crippen molar-refractivity contribution in [1.82, 2.24) is 0 Å². The predicted molar refractivity (Wildman–Crippen MR) is 41.3 cm³/mol. The highest BCUT2D eigenvalue weighted by atomic mass is 16.6. The van der Waals surface area contributed by atoms with E-state index in [1.807, 2.05) is 0 Å². The largest absolute Gasteiger partial charge is 0.373 e. The van der Waals surface area contributed by atoms with Crippen LogP contribution in [0.25, 0.3) is 0 Å². The van der Waals surface area contributed by atoms with E-state index >= 15 is 0 Å². The summed E-state index contributed by atoms with van der Waals surface area (Å²) in [6.07, 6.45) is 4.43. The second-order valence-corrected chi connectivity index (χ2v) is 3.33. The van der Waals surface area contributed by atoms with Crippen molar-refractivity contribution >= 4 is 0 Å². The molecule has 3 heteroatoms. The minimum Gasteiger partial charge on any atom is -0.373 e. The van der Waals surface area contributed by atoms with Gasteiger partial charge < -0.3 is 15.2 Å². The Hall–Kier alpha value is -0.120. The van der Waals surface area contributed by atoms with Gasteiger partial charge in [-0.25, -0.2) is 0 Å². The molecule has 0 aromatic rings. The Morgan fingerprint density at radius 2 is 2.09 bits per heavy atom. The Morgan fingerprint density at radius 1 is 1.27 bits per heavy atom. The van der Waals surface area contributed by atoms with E-state index in [9.17, 15) is 0 Å². The quantitative estimate of drug-likeness (QED) is 0.594. The molecule has 0 bridgehead atoms. The van der Waals surface area contributed by atoms with Crippen molar-refractivity contribution in [2.45, 2.75) is 37.6 Å². The van der Waals surface area contributed by atoms with Gasteiger partial charge in [-0.2, -0.15) is 0 Å². The lowest BCUT2D eigenvalue weighted by molar-refractivity contribution is -0.163. The van der Waals surface area contributed by atoms with Crippen LogP contribution >= 0.6 is 0 Å². The molecule has 1 aliphatic carbocycles. The van der Waals surface area contributed by atoms with Crippen LogP contribution in [0.5, 0.6) is 0 Å². The molecular formula is C8H15NO2. The van der Waals surface area contributed by atoms with Gasteiger partial charge in [-0.3, -0.25) is 0 Å². The standard InChI is InChI=1S/C8H15NO2/c9-4-6-5-10-7-2-1-3-8(7)11-6/h6-8H,1-5,9H2. The van der Waals surface area contributed by atoms with Crippen molar-refractivity contribution in [3.63, 3.8) is 0 Å². The molecule has 0 spiro atoms. The molecular weight excluding hydrogens is 142 g/mol. The summed E-state index contributed by atoms with van der Waals surface area (Å²) in [6, 6.07) is 0. The molecule has 2 fully saturated rings. The van der Waals surface area contributed by atoms with Crippen molar-refractivity contribution in [1.29, 1.82) is 0 Å². The van der Waals surface area contributed by atoms with Crippen LogP contribution < -0.4 is 5.73 Å². The van der Waals surface area contributed by atoms with E-state index in [1.54, 1.807) is 0 Å². The van der Waals surface area contributed by atoms with Crippen molar-refractivity contribution in [2.24, 2.45) is 5.73 Å². The summed E-state index contributed by atoms with van der Waals surface area (Å²) in [6.45, 7) is 1.28. The number of nitrogens with two attached hydrogens (primary N) is 1. The molecule has 64 valence electrons. The third-order valence-electron chi connectivity index (χ3n) is 2.52. The Kier molecular flexibility index (Phi) is 2.11. The molecule has 11 heavy (non-hydrogen) atoms. The zero-order valence-corrected chi connectivity index (χ0v) is 6.66. The SMILES string of the molecule is NCC1COC2CCCC2O1. The molecule has 3 unspecified atom stereocenters. The molecule has 0 aromatic heterocycles. The Bertz CT molecular complexity index is 140. The van der Waals surface area contributed by atoms with Gasteiger partial charge in [0.1, 0.15) is 0 Å². The van der Waals surface area contributed by atoms with E-state index in [4.69, 9.17) is 15.2 Å². The second-order valence-electron chi connectivity index (χ2n) is 3.33. The fourth-order valence-corrected chi connectivity index (χ4v) is 1.88. The van der Waals surface area contributed by atoms with Gasteiger partial charge in [0.05, 0.1) is 24.9 Å². The van der Waals surface area contributed by atoms with Crippen LogP contribution in [0.2, 0.25) is 0 Å². The van der Waals surface area contributed by atoms with Gasteiger partial charge in [-0.1, -0.05) is 0 Å². The van der Waals surface area contributed by atoms with Crippen LogP contribution in [0, 0.1) is 0 Å². The van der Waals surface area contributed by atoms with Gasteiger partial charge in [0.2, 0.25) is 0 Å². The molecule has 2 rings (SSSR count). The van der Waals surface area contributed by atoms with Gasteiger partial charge in [0, 0.05) is 6.54 Å². The van der Waals surface area contributed by atoms with E-state index in [0.29, 0.717) is 25.4 Å². The Morgan fingerprint density at radius 3 is 2.91 bits per heavy atom. The maximum atomic E-state index is 5.71. The smallest absolute Gasteiger partial charge is 0.0935 e. The molecule has 0 radical (unpaired) electrons. The van der Waals surface area contributed by atoms with Crippen LogP contribution in [-0.2, 0) is 9.47 Å². The minimum absolute atomic E-state index is 0.148. The number of ether oxygens (including phenoxy) is 2. The van der Waals surface area contributed by atoms with Gasteiger partial charge in [0.25, 0.3) is 0 Å². The molecule has 1 aliphatic heterocycles. The van der Waals surface area contributed by atoms with Gasteiger partial charge in [-0.05, 0) is 19.3 Å². The van der Waals surface area contributed by atoms with E-state index in [0.717, 1.165) is 6.42 Å². The third kappa shape index (κ3) is 1.41. The highest BCUT2D eigenvalue weighted by Crippen LogP contribution is 2.29. The predicted octanol–water partition coefficient (Wildman–Crippen LogP) is 0.282. The van der Waals surface area contributed by atoms with E-state index in [-0.39, 0.29) is 6.10 Å². The Balaban J connectivity index is 1.91. The van der Waals surface area contributed by atoms with Gasteiger partial charge >= 0.3 is 0 Å². The normalized spacial score (nSPS) is 43.9. The van der Waals surface area contributed by atoms with Crippen LogP contribution in [0.4, 0.5) is 0 Å². The average Bonchev–Trinajstić information content (AvgIpc) is 2.50. The lowest BCUT2D eigenvalue weighted by Crippen LogP contribution is -2.43. The summed E-state index contributed by atoms with van der Waals surface area (Å²) < 4.78 is 11.3. The zero-order chi connectivity index (χ0) is 7.68. The topological polar surface area (TPSA) is 44.5 Å². The van der Waals surface area contributed by atoms with E-state index < -0.39 is 0 Å². The summed E-state index contributed by atoms with van der Waals surface area (Å²) >= 11 is 0. The molecule has 0 amide bonds. The van der Waals surface area contributed by atoms with Crippen molar-refractivity contribution in [3.8, 4) is 0 Å². The molecule has 3 atom stereocenters. The van der Waals surface area contributed by atoms with Crippen LogP contribution in [0.1, 0.15) is 19.3 Å². The van der Waals surface area contributed by atoms with Crippen LogP contribution in [0.15, 0.2) is 0 Å². The van der Waals surface area contributed by atoms with Crippen molar-refractivity contribution < 1.29 is 9.47 Å². The van der Waals surface area contributed by atoms with Gasteiger partial charge in [0.15, 0.2) is 0 Å². The zero-order valence-electron chi connectivity index (χ0n) is 6.66. The first kappa shape index (κ1) is 7.53. The fourth-order valence-electron chi connectivity index (χ4n) is 1.88. The highest BCUT2D eigenvalue weighted by Gasteiger charge is 2.34. The average molecular weight is 157 g/mol.